The number of rotatable bonds is 5. The Bertz CT molecular complexity index is 1030. The molecule has 3 rings (SSSR count). The lowest BCUT2D eigenvalue weighted by molar-refractivity contribution is -0.127. The fourth-order valence-corrected chi connectivity index (χ4v) is 2.80. The molecule has 6 heteroatoms. The summed E-state index contributed by atoms with van der Waals surface area (Å²) in [6.45, 7) is 5.27. The molecule has 1 aromatic heterocycles. The second kappa shape index (κ2) is 7.61. The second-order valence-corrected chi connectivity index (χ2v) is 6.45. The number of halogens is 1. The summed E-state index contributed by atoms with van der Waals surface area (Å²) < 4.78 is 23.9. The van der Waals surface area contributed by atoms with E-state index in [0.717, 1.165) is 16.5 Å². The minimum atomic E-state index is -0.762. The van der Waals surface area contributed by atoms with E-state index in [2.05, 4.69) is 5.32 Å². The van der Waals surface area contributed by atoms with Crippen molar-refractivity contribution >= 4 is 16.9 Å². The zero-order chi connectivity index (χ0) is 19.6. The molecule has 0 aliphatic carbocycles. The van der Waals surface area contributed by atoms with Crippen molar-refractivity contribution in [2.24, 2.45) is 0 Å². The first-order valence-corrected chi connectivity index (χ1v) is 8.60. The van der Waals surface area contributed by atoms with Gasteiger partial charge in [-0.3, -0.25) is 4.79 Å². The highest BCUT2D eigenvalue weighted by molar-refractivity contribution is 5.83. The van der Waals surface area contributed by atoms with E-state index in [1.807, 2.05) is 13.8 Å². The fourth-order valence-electron chi connectivity index (χ4n) is 2.80. The quantitative estimate of drug-likeness (QED) is 0.693. The van der Waals surface area contributed by atoms with E-state index in [1.54, 1.807) is 37.3 Å². The average Bonchev–Trinajstić information content (AvgIpc) is 2.61. The minimum Gasteiger partial charge on any atom is -0.481 e. The lowest BCUT2D eigenvalue weighted by atomic mass is 10.1. The van der Waals surface area contributed by atoms with Crippen molar-refractivity contribution < 1.29 is 18.3 Å². The van der Waals surface area contributed by atoms with Gasteiger partial charge in [0.15, 0.2) is 6.10 Å². The van der Waals surface area contributed by atoms with Gasteiger partial charge in [0.25, 0.3) is 5.91 Å². The summed E-state index contributed by atoms with van der Waals surface area (Å²) in [4.78, 5) is 23.9. The maximum Gasteiger partial charge on any atom is 0.336 e. The van der Waals surface area contributed by atoms with Crippen LogP contribution in [-0.2, 0) is 4.79 Å². The van der Waals surface area contributed by atoms with Gasteiger partial charge in [-0.25, -0.2) is 9.18 Å². The largest absolute Gasteiger partial charge is 0.481 e. The molecule has 2 atom stereocenters. The monoisotopic (exact) mass is 369 g/mol. The number of nitrogens with one attached hydrogen (secondary N) is 1. The number of hydrogen-bond acceptors (Lipinski definition) is 4. The highest BCUT2D eigenvalue weighted by Crippen LogP contribution is 2.23. The summed E-state index contributed by atoms with van der Waals surface area (Å²) >= 11 is 0. The molecule has 1 heterocycles. The van der Waals surface area contributed by atoms with Crippen LogP contribution in [0.3, 0.4) is 0 Å². The molecule has 1 amide bonds. The fraction of sp³-hybridized carbons (Fsp3) is 0.238. The van der Waals surface area contributed by atoms with Crippen LogP contribution in [0.25, 0.3) is 11.0 Å². The Morgan fingerprint density at radius 1 is 1.11 bits per heavy atom. The van der Waals surface area contributed by atoms with E-state index in [-0.39, 0.29) is 17.8 Å². The number of carbonyl (C=O) groups is 1. The summed E-state index contributed by atoms with van der Waals surface area (Å²) in [7, 11) is 0. The van der Waals surface area contributed by atoms with Gasteiger partial charge in [-0.15, -0.1) is 0 Å². The van der Waals surface area contributed by atoms with Crippen LogP contribution in [0.15, 0.2) is 57.7 Å². The number of benzene rings is 2. The molecule has 0 fully saturated rings. The molecule has 2 aromatic carbocycles. The smallest absolute Gasteiger partial charge is 0.336 e. The third kappa shape index (κ3) is 4.34. The molecule has 0 unspecified atom stereocenters. The highest BCUT2D eigenvalue weighted by Gasteiger charge is 2.18. The first-order chi connectivity index (χ1) is 12.8. The van der Waals surface area contributed by atoms with Gasteiger partial charge in [-0.2, -0.15) is 0 Å². The van der Waals surface area contributed by atoms with Crippen molar-refractivity contribution in [2.75, 3.05) is 0 Å². The molecule has 0 saturated heterocycles. The number of hydrogen-bond donors (Lipinski definition) is 1. The van der Waals surface area contributed by atoms with Crippen molar-refractivity contribution in [1.82, 2.24) is 5.32 Å². The van der Waals surface area contributed by atoms with Crippen LogP contribution in [0.4, 0.5) is 4.39 Å². The third-order valence-electron chi connectivity index (χ3n) is 4.33. The molecule has 0 bridgehead atoms. The van der Waals surface area contributed by atoms with Crippen LogP contribution in [0.2, 0.25) is 0 Å². The van der Waals surface area contributed by atoms with E-state index >= 15 is 0 Å². The molecular weight excluding hydrogens is 349 g/mol. The van der Waals surface area contributed by atoms with Crippen LogP contribution in [0, 0.1) is 12.7 Å². The van der Waals surface area contributed by atoms with Crippen LogP contribution >= 0.6 is 0 Å². The molecule has 27 heavy (non-hydrogen) atoms. The van der Waals surface area contributed by atoms with Gasteiger partial charge in [-0.05, 0) is 56.2 Å². The molecule has 0 aliphatic rings. The molecule has 0 radical (unpaired) electrons. The number of amides is 1. The van der Waals surface area contributed by atoms with Gasteiger partial charge in [-0.1, -0.05) is 12.1 Å². The number of ether oxygens (including phenoxy) is 1. The van der Waals surface area contributed by atoms with Gasteiger partial charge < -0.3 is 14.5 Å². The average molecular weight is 369 g/mol. The summed E-state index contributed by atoms with van der Waals surface area (Å²) in [5.74, 6) is -0.210. The van der Waals surface area contributed by atoms with Crippen LogP contribution in [0.1, 0.15) is 31.0 Å². The van der Waals surface area contributed by atoms with Gasteiger partial charge in [0.2, 0.25) is 0 Å². The summed E-state index contributed by atoms with van der Waals surface area (Å²) in [5.41, 5.74) is 1.58. The SMILES string of the molecule is Cc1cc(=O)oc2cc(O[C@@H](C)C(=O)N[C@H](C)c3ccc(F)cc3)ccc12. The lowest BCUT2D eigenvalue weighted by Crippen LogP contribution is -2.37. The van der Waals surface area contributed by atoms with E-state index in [0.29, 0.717) is 11.3 Å². The molecular formula is C21H20FNO4. The van der Waals surface area contributed by atoms with E-state index in [9.17, 15) is 14.0 Å². The summed E-state index contributed by atoms with van der Waals surface area (Å²) in [6.07, 6.45) is -0.762. The van der Waals surface area contributed by atoms with Crippen molar-refractivity contribution in [2.45, 2.75) is 32.9 Å². The summed E-state index contributed by atoms with van der Waals surface area (Å²) in [5, 5.41) is 3.64. The Balaban J connectivity index is 1.69. The Morgan fingerprint density at radius 2 is 1.81 bits per heavy atom. The van der Waals surface area contributed by atoms with Crippen LogP contribution in [0.5, 0.6) is 5.75 Å². The van der Waals surface area contributed by atoms with Crippen LogP contribution in [-0.4, -0.2) is 12.0 Å². The third-order valence-corrected chi connectivity index (χ3v) is 4.33. The van der Waals surface area contributed by atoms with Crippen molar-refractivity contribution in [3.8, 4) is 5.75 Å². The predicted octanol–water partition coefficient (Wildman–Crippen LogP) is 3.89. The number of carbonyl (C=O) groups excluding carboxylic acids is 1. The van der Waals surface area contributed by atoms with Gasteiger partial charge in [0.05, 0.1) is 6.04 Å². The number of fused-ring (bicyclic) bond motifs is 1. The van der Waals surface area contributed by atoms with Gasteiger partial charge in [0.1, 0.15) is 17.1 Å². The minimum absolute atomic E-state index is 0.290. The van der Waals surface area contributed by atoms with E-state index in [1.165, 1.54) is 18.2 Å². The molecule has 0 saturated carbocycles. The molecule has 1 N–H and O–H groups in total. The van der Waals surface area contributed by atoms with E-state index < -0.39 is 11.7 Å². The zero-order valence-corrected chi connectivity index (χ0v) is 15.3. The highest BCUT2D eigenvalue weighted by atomic mass is 19.1. The molecule has 0 aliphatic heterocycles. The first kappa shape index (κ1) is 18.6. The zero-order valence-electron chi connectivity index (χ0n) is 15.3. The second-order valence-electron chi connectivity index (χ2n) is 6.45. The van der Waals surface area contributed by atoms with Gasteiger partial charge >= 0.3 is 5.63 Å². The Hall–Kier alpha value is -3.15. The van der Waals surface area contributed by atoms with Gasteiger partial charge in [0, 0.05) is 17.5 Å². The molecule has 140 valence electrons. The topological polar surface area (TPSA) is 68.5 Å². The van der Waals surface area contributed by atoms with E-state index in [4.69, 9.17) is 9.15 Å². The Kier molecular flexibility index (Phi) is 5.26. The Labute approximate surface area is 155 Å². The standard InChI is InChI=1S/C21H20FNO4/c1-12-10-20(24)27-19-11-17(8-9-18(12)19)26-14(3)21(25)23-13(2)15-4-6-16(22)7-5-15/h4-11,13-14H,1-3H3,(H,23,25)/t13-,14+/m1/s1. The summed E-state index contributed by atoms with van der Waals surface area (Å²) in [6, 6.07) is 12.2. The maximum absolute atomic E-state index is 13.0. The van der Waals surface area contributed by atoms with Crippen LogP contribution < -0.4 is 15.7 Å². The Morgan fingerprint density at radius 3 is 2.52 bits per heavy atom. The lowest BCUT2D eigenvalue weighted by Gasteiger charge is -2.19. The normalized spacial score (nSPS) is 13.2. The molecule has 5 nitrogen and oxygen atoms in total. The molecule has 3 aromatic rings. The molecule has 0 spiro atoms. The predicted molar refractivity (Wildman–Crippen MR) is 100 cm³/mol. The first-order valence-electron chi connectivity index (χ1n) is 8.60. The van der Waals surface area contributed by atoms with Crippen molar-refractivity contribution in [1.29, 1.82) is 0 Å². The maximum atomic E-state index is 13.0. The van der Waals surface area contributed by atoms with Crippen molar-refractivity contribution in [3.63, 3.8) is 0 Å². The number of aryl methyl sites for hydroxylation is 1. The van der Waals surface area contributed by atoms with Crippen molar-refractivity contribution in [3.05, 3.63) is 75.9 Å².